The van der Waals surface area contributed by atoms with E-state index in [1.807, 2.05) is 13.8 Å². The molecular formula is C11H14BrN3O2S2. The molecule has 2 aromatic heterocycles. The van der Waals surface area contributed by atoms with Gasteiger partial charge < -0.3 is 0 Å². The molecule has 2 heterocycles. The van der Waals surface area contributed by atoms with E-state index in [4.69, 9.17) is 0 Å². The molecular weight excluding hydrogens is 350 g/mol. The molecule has 0 saturated heterocycles. The molecule has 19 heavy (non-hydrogen) atoms. The molecule has 8 heteroatoms. The zero-order valence-corrected chi connectivity index (χ0v) is 13.9. The van der Waals surface area contributed by atoms with Gasteiger partial charge in [0, 0.05) is 17.1 Å². The Balaban J connectivity index is 2.28. The van der Waals surface area contributed by atoms with Gasteiger partial charge in [0.25, 0.3) is 10.0 Å². The first kappa shape index (κ1) is 14.5. The molecule has 0 bridgehead atoms. The van der Waals surface area contributed by atoms with E-state index in [1.54, 1.807) is 23.9 Å². The molecule has 5 nitrogen and oxygen atoms in total. The van der Waals surface area contributed by atoms with Gasteiger partial charge in [-0.15, -0.1) is 11.3 Å². The average Bonchev–Trinajstić information content (AvgIpc) is 2.85. The van der Waals surface area contributed by atoms with E-state index in [-0.39, 0.29) is 6.04 Å². The first-order chi connectivity index (χ1) is 8.79. The Morgan fingerprint density at radius 1 is 1.47 bits per heavy atom. The molecule has 0 radical (unpaired) electrons. The van der Waals surface area contributed by atoms with Gasteiger partial charge in [0.15, 0.2) is 0 Å². The number of anilines is 1. The van der Waals surface area contributed by atoms with E-state index in [2.05, 4.69) is 25.8 Å². The van der Waals surface area contributed by atoms with Crippen molar-refractivity contribution in [2.45, 2.75) is 31.7 Å². The summed E-state index contributed by atoms with van der Waals surface area (Å²) in [6, 6.07) is 1.80. The van der Waals surface area contributed by atoms with Crippen molar-refractivity contribution in [3.05, 3.63) is 27.1 Å². The summed E-state index contributed by atoms with van der Waals surface area (Å²) in [7, 11) is -3.56. The van der Waals surface area contributed by atoms with Crippen LogP contribution in [0.3, 0.4) is 0 Å². The Hall–Kier alpha value is -0.860. The topological polar surface area (TPSA) is 64.0 Å². The molecule has 104 valence electrons. The van der Waals surface area contributed by atoms with Crippen LogP contribution < -0.4 is 4.72 Å². The molecule has 2 aromatic rings. The molecule has 0 atom stereocenters. The van der Waals surface area contributed by atoms with E-state index in [0.717, 1.165) is 8.66 Å². The lowest BCUT2D eigenvalue weighted by Gasteiger charge is -2.05. The number of aryl methyl sites for hydroxylation is 1. The number of thiophene rings is 1. The molecule has 0 spiro atoms. The minimum absolute atomic E-state index is 0.190. The standard InChI is InChI=1S/C11H14BrN3O2S2/c1-7(2)15-6-9(5-13-15)14-19(16,17)10-4-11(12)18-8(10)3/h4-7,14H,1-3H3. The third kappa shape index (κ3) is 3.18. The fraction of sp³-hybridized carbons (Fsp3) is 0.364. The van der Waals surface area contributed by atoms with Crippen LogP contribution in [-0.2, 0) is 10.0 Å². The summed E-state index contributed by atoms with van der Waals surface area (Å²) in [5, 5.41) is 4.10. The second-order valence-electron chi connectivity index (χ2n) is 4.38. The minimum atomic E-state index is -3.56. The number of hydrogen-bond donors (Lipinski definition) is 1. The molecule has 0 aliphatic carbocycles. The zero-order chi connectivity index (χ0) is 14.2. The van der Waals surface area contributed by atoms with Gasteiger partial charge in [0.1, 0.15) is 4.90 Å². The Labute approximate surface area is 124 Å². The monoisotopic (exact) mass is 363 g/mol. The van der Waals surface area contributed by atoms with Crippen molar-refractivity contribution in [1.82, 2.24) is 9.78 Å². The van der Waals surface area contributed by atoms with Crippen LogP contribution in [0.4, 0.5) is 5.69 Å². The van der Waals surface area contributed by atoms with E-state index < -0.39 is 10.0 Å². The predicted octanol–water partition coefficient (Wildman–Crippen LogP) is 3.40. The summed E-state index contributed by atoms with van der Waals surface area (Å²) < 4.78 is 29.5. The largest absolute Gasteiger partial charge is 0.276 e. The smallest absolute Gasteiger partial charge is 0.263 e. The highest BCUT2D eigenvalue weighted by atomic mass is 79.9. The fourth-order valence-electron chi connectivity index (χ4n) is 1.58. The van der Waals surface area contributed by atoms with Crippen molar-refractivity contribution in [1.29, 1.82) is 0 Å². The summed E-state index contributed by atoms with van der Waals surface area (Å²) in [5.74, 6) is 0. The molecule has 2 rings (SSSR count). The van der Waals surface area contributed by atoms with Crippen LogP contribution in [0.5, 0.6) is 0 Å². The highest BCUT2D eigenvalue weighted by Gasteiger charge is 2.20. The number of nitrogens with one attached hydrogen (secondary N) is 1. The molecule has 0 aromatic carbocycles. The second-order valence-corrected chi connectivity index (χ2v) is 8.67. The highest BCUT2D eigenvalue weighted by Crippen LogP contribution is 2.30. The average molecular weight is 364 g/mol. The van der Waals surface area contributed by atoms with Crippen molar-refractivity contribution in [2.24, 2.45) is 0 Å². The molecule has 0 saturated carbocycles. The summed E-state index contributed by atoms with van der Waals surface area (Å²) >= 11 is 4.69. The Bertz CT molecular complexity index is 689. The molecule has 0 aliphatic heterocycles. The first-order valence-electron chi connectivity index (χ1n) is 5.62. The number of aromatic nitrogens is 2. The summed E-state index contributed by atoms with van der Waals surface area (Å²) in [6.07, 6.45) is 3.19. The summed E-state index contributed by atoms with van der Waals surface area (Å²) in [6.45, 7) is 5.73. The van der Waals surface area contributed by atoms with Crippen LogP contribution in [0.25, 0.3) is 0 Å². The third-order valence-electron chi connectivity index (χ3n) is 2.51. The van der Waals surface area contributed by atoms with Crippen molar-refractivity contribution in [3.8, 4) is 0 Å². The zero-order valence-electron chi connectivity index (χ0n) is 10.7. The maximum Gasteiger partial charge on any atom is 0.263 e. The van der Waals surface area contributed by atoms with Crippen LogP contribution in [0.2, 0.25) is 0 Å². The van der Waals surface area contributed by atoms with E-state index in [0.29, 0.717) is 10.6 Å². The van der Waals surface area contributed by atoms with Crippen LogP contribution in [-0.4, -0.2) is 18.2 Å². The van der Waals surface area contributed by atoms with Crippen molar-refractivity contribution in [3.63, 3.8) is 0 Å². The lowest BCUT2D eigenvalue weighted by Crippen LogP contribution is -2.12. The van der Waals surface area contributed by atoms with Gasteiger partial charge in [-0.3, -0.25) is 9.40 Å². The predicted molar refractivity (Wildman–Crippen MR) is 80.2 cm³/mol. The molecule has 0 unspecified atom stereocenters. The Morgan fingerprint density at radius 3 is 2.63 bits per heavy atom. The fourth-order valence-corrected chi connectivity index (χ4v) is 5.02. The van der Waals surface area contributed by atoms with Gasteiger partial charge in [-0.25, -0.2) is 8.42 Å². The van der Waals surface area contributed by atoms with Crippen molar-refractivity contribution >= 4 is 43.0 Å². The molecule has 0 amide bonds. The normalized spacial score (nSPS) is 12.1. The number of rotatable bonds is 4. The van der Waals surface area contributed by atoms with Gasteiger partial charge in [0.2, 0.25) is 0 Å². The van der Waals surface area contributed by atoms with Crippen molar-refractivity contribution < 1.29 is 8.42 Å². The highest BCUT2D eigenvalue weighted by molar-refractivity contribution is 9.11. The van der Waals surface area contributed by atoms with Crippen LogP contribution >= 0.6 is 27.3 Å². The first-order valence-corrected chi connectivity index (χ1v) is 8.72. The Morgan fingerprint density at radius 2 is 2.16 bits per heavy atom. The second kappa shape index (κ2) is 5.26. The van der Waals surface area contributed by atoms with Crippen LogP contribution in [0.1, 0.15) is 24.8 Å². The van der Waals surface area contributed by atoms with E-state index in [1.165, 1.54) is 17.5 Å². The van der Waals surface area contributed by atoms with Gasteiger partial charge >= 0.3 is 0 Å². The van der Waals surface area contributed by atoms with E-state index >= 15 is 0 Å². The van der Waals surface area contributed by atoms with Gasteiger partial charge in [-0.05, 0) is 42.8 Å². The number of sulfonamides is 1. The number of nitrogens with zero attached hydrogens (tertiary/aromatic N) is 2. The Kier molecular flexibility index (Phi) is 4.03. The number of hydrogen-bond acceptors (Lipinski definition) is 4. The number of halogens is 1. The van der Waals surface area contributed by atoms with Gasteiger partial charge in [-0.2, -0.15) is 5.10 Å². The summed E-state index contributed by atoms with van der Waals surface area (Å²) in [5.41, 5.74) is 0.468. The molecule has 0 fully saturated rings. The van der Waals surface area contributed by atoms with Crippen molar-refractivity contribution in [2.75, 3.05) is 4.72 Å². The lowest BCUT2D eigenvalue weighted by molar-refractivity contribution is 0.532. The SMILES string of the molecule is Cc1sc(Br)cc1S(=O)(=O)Nc1cnn(C(C)C)c1. The molecule has 1 N–H and O–H groups in total. The van der Waals surface area contributed by atoms with Crippen LogP contribution in [0.15, 0.2) is 27.1 Å². The van der Waals surface area contributed by atoms with E-state index in [9.17, 15) is 8.42 Å². The maximum absolute atomic E-state index is 12.3. The minimum Gasteiger partial charge on any atom is -0.276 e. The molecule has 0 aliphatic rings. The van der Waals surface area contributed by atoms with Gasteiger partial charge in [-0.1, -0.05) is 0 Å². The third-order valence-corrected chi connectivity index (χ3v) is 5.70. The van der Waals surface area contributed by atoms with Crippen LogP contribution in [0, 0.1) is 6.92 Å². The lowest BCUT2D eigenvalue weighted by atomic mass is 10.4. The van der Waals surface area contributed by atoms with Gasteiger partial charge in [0.05, 0.1) is 15.7 Å². The summed E-state index contributed by atoms with van der Waals surface area (Å²) in [4.78, 5) is 1.04. The maximum atomic E-state index is 12.3. The quantitative estimate of drug-likeness (QED) is 0.905.